The zero-order valence-electron chi connectivity index (χ0n) is 4.92. The standard InChI is InChI=1S/C4H7Br2NO2S/c5-1-2(6)3(10)7-4(8)9/h2-3,7,10H,1H2,(H,8,9). The molecule has 0 fully saturated rings. The zero-order valence-corrected chi connectivity index (χ0v) is 8.99. The van der Waals surface area contributed by atoms with Crippen LogP contribution in [0.5, 0.6) is 0 Å². The summed E-state index contributed by atoms with van der Waals surface area (Å²) in [5.74, 6) is 0. The molecule has 0 spiro atoms. The Morgan fingerprint density at radius 2 is 2.30 bits per heavy atom. The topological polar surface area (TPSA) is 49.3 Å². The van der Waals surface area contributed by atoms with Crippen molar-refractivity contribution in [3.8, 4) is 0 Å². The number of hydrogen-bond donors (Lipinski definition) is 3. The summed E-state index contributed by atoms with van der Waals surface area (Å²) in [6.45, 7) is 0. The lowest BCUT2D eigenvalue weighted by molar-refractivity contribution is 0.193. The van der Waals surface area contributed by atoms with E-state index in [0.29, 0.717) is 5.33 Å². The smallest absolute Gasteiger partial charge is 0.405 e. The Balaban J connectivity index is 3.61. The molecule has 0 bridgehead atoms. The van der Waals surface area contributed by atoms with Gasteiger partial charge in [0.05, 0.1) is 10.2 Å². The summed E-state index contributed by atoms with van der Waals surface area (Å²) < 4.78 is 0. The lowest BCUT2D eigenvalue weighted by atomic mass is 10.5. The van der Waals surface area contributed by atoms with Crippen molar-refractivity contribution < 1.29 is 9.90 Å². The van der Waals surface area contributed by atoms with Crippen LogP contribution in [0.25, 0.3) is 0 Å². The highest BCUT2D eigenvalue weighted by molar-refractivity contribution is 9.12. The van der Waals surface area contributed by atoms with Gasteiger partial charge in [-0.3, -0.25) is 0 Å². The van der Waals surface area contributed by atoms with E-state index in [1.54, 1.807) is 0 Å². The van der Waals surface area contributed by atoms with Crippen molar-refractivity contribution in [3.05, 3.63) is 0 Å². The highest BCUT2D eigenvalue weighted by Gasteiger charge is 2.14. The van der Waals surface area contributed by atoms with Crippen LogP contribution in [0, 0.1) is 0 Å². The van der Waals surface area contributed by atoms with Gasteiger partial charge in [0.1, 0.15) is 0 Å². The first kappa shape index (κ1) is 10.6. The first-order valence-corrected chi connectivity index (χ1v) is 5.01. The molecule has 0 aromatic carbocycles. The van der Waals surface area contributed by atoms with E-state index < -0.39 is 6.09 Å². The number of alkyl halides is 2. The zero-order chi connectivity index (χ0) is 8.15. The molecule has 0 rings (SSSR count). The Hall–Kier alpha value is 0.580. The predicted octanol–water partition coefficient (Wildman–Crippen LogP) is 1.67. The van der Waals surface area contributed by atoms with Crippen LogP contribution in [0.15, 0.2) is 0 Å². The number of nitrogens with one attached hydrogen (secondary N) is 1. The molecule has 0 aliphatic carbocycles. The summed E-state index contributed by atoms with van der Waals surface area (Å²) in [6, 6.07) is 0. The van der Waals surface area contributed by atoms with Crippen molar-refractivity contribution >= 4 is 50.6 Å². The first-order valence-electron chi connectivity index (χ1n) is 2.45. The van der Waals surface area contributed by atoms with Crippen molar-refractivity contribution in [3.63, 3.8) is 0 Å². The molecule has 0 saturated carbocycles. The summed E-state index contributed by atoms with van der Waals surface area (Å²) in [5.41, 5.74) is 0. The normalized spacial score (nSPS) is 15.9. The monoisotopic (exact) mass is 291 g/mol. The minimum Gasteiger partial charge on any atom is -0.465 e. The number of amides is 1. The highest BCUT2D eigenvalue weighted by Crippen LogP contribution is 2.11. The average Bonchev–Trinajstić information content (AvgIpc) is 1.85. The third-order valence-electron chi connectivity index (χ3n) is 0.761. The summed E-state index contributed by atoms with van der Waals surface area (Å²) in [7, 11) is 0. The van der Waals surface area contributed by atoms with Crippen molar-refractivity contribution in [2.45, 2.75) is 10.2 Å². The molecular weight excluding hydrogens is 286 g/mol. The summed E-state index contributed by atoms with van der Waals surface area (Å²) in [6.07, 6.45) is -1.06. The summed E-state index contributed by atoms with van der Waals surface area (Å²) in [5, 5.41) is 10.7. The minimum absolute atomic E-state index is 0.00642. The van der Waals surface area contributed by atoms with E-state index in [2.05, 4.69) is 49.8 Å². The molecule has 0 aliphatic heterocycles. The fourth-order valence-corrected chi connectivity index (χ4v) is 1.31. The minimum atomic E-state index is -1.06. The number of thiol groups is 1. The molecule has 6 heteroatoms. The van der Waals surface area contributed by atoms with Gasteiger partial charge in [-0.2, -0.15) is 12.6 Å². The molecule has 0 aromatic rings. The van der Waals surface area contributed by atoms with Gasteiger partial charge in [0.15, 0.2) is 0 Å². The Morgan fingerprint density at radius 1 is 1.80 bits per heavy atom. The highest BCUT2D eigenvalue weighted by atomic mass is 79.9. The Kier molecular flexibility index (Phi) is 5.56. The second-order valence-corrected chi connectivity index (χ2v) is 3.94. The van der Waals surface area contributed by atoms with E-state index in [0.717, 1.165) is 0 Å². The quantitative estimate of drug-likeness (QED) is 0.421. The second kappa shape index (κ2) is 5.26. The molecule has 1 amide bonds. The number of carbonyl (C=O) groups is 1. The Morgan fingerprint density at radius 3 is 2.60 bits per heavy atom. The number of halogens is 2. The van der Waals surface area contributed by atoms with Crippen LogP contribution in [-0.2, 0) is 0 Å². The van der Waals surface area contributed by atoms with Gasteiger partial charge in [-0.1, -0.05) is 31.9 Å². The molecule has 10 heavy (non-hydrogen) atoms. The largest absolute Gasteiger partial charge is 0.465 e. The molecule has 0 radical (unpaired) electrons. The maximum atomic E-state index is 10.0. The number of rotatable bonds is 3. The van der Waals surface area contributed by atoms with Gasteiger partial charge < -0.3 is 10.4 Å². The van der Waals surface area contributed by atoms with E-state index in [9.17, 15) is 4.79 Å². The van der Waals surface area contributed by atoms with Crippen LogP contribution < -0.4 is 5.32 Å². The van der Waals surface area contributed by atoms with E-state index in [4.69, 9.17) is 5.11 Å². The van der Waals surface area contributed by atoms with E-state index in [1.807, 2.05) is 0 Å². The second-order valence-electron chi connectivity index (χ2n) is 1.56. The van der Waals surface area contributed by atoms with Crippen molar-refractivity contribution in [2.75, 3.05) is 5.33 Å². The van der Waals surface area contributed by atoms with E-state index in [-0.39, 0.29) is 10.2 Å². The Labute approximate surface area is 81.2 Å². The van der Waals surface area contributed by atoms with Gasteiger partial charge in [0, 0.05) is 5.33 Å². The molecule has 0 aliphatic rings. The number of carboxylic acid groups (broad SMARTS) is 1. The van der Waals surface area contributed by atoms with Crippen molar-refractivity contribution in [2.24, 2.45) is 0 Å². The third-order valence-corrected chi connectivity index (χ3v) is 4.08. The van der Waals surface area contributed by atoms with Gasteiger partial charge in [0.25, 0.3) is 0 Å². The average molecular weight is 293 g/mol. The summed E-state index contributed by atoms with van der Waals surface area (Å²) >= 11 is 10.4. The molecule has 0 aromatic heterocycles. The SMILES string of the molecule is O=C(O)NC(S)C(Br)CBr. The molecule has 2 unspecified atom stereocenters. The molecular formula is C4H7Br2NO2S. The molecule has 3 nitrogen and oxygen atoms in total. The van der Waals surface area contributed by atoms with Crippen LogP contribution in [0.3, 0.4) is 0 Å². The molecule has 60 valence electrons. The van der Waals surface area contributed by atoms with E-state index in [1.165, 1.54) is 0 Å². The van der Waals surface area contributed by atoms with Gasteiger partial charge in [-0.05, 0) is 0 Å². The van der Waals surface area contributed by atoms with Crippen molar-refractivity contribution in [1.82, 2.24) is 5.32 Å². The van der Waals surface area contributed by atoms with Gasteiger partial charge in [-0.15, -0.1) is 0 Å². The van der Waals surface area contributed by atoms with E-state index >= 15 is 0 Å². The van der Waals surface area contributed by atoms with Crippen LogP contribution in [0.4, 0.5) is 4.79 Å². The molecule has 0 saturated heterocycles. The Bertz CT molecular complexity index is 124. The van der Waals surface area contributed by atoms with Crippen LogP contribution in [-0.4, -0.2) is 26.7 Å². The molecule has 2 N–H and O–H groups in total. The van der Waals surface area contributed by atoms with Crippen LogP contribution in [0.2, 0.25) is 0 Å². The maximum absolute atomic E-state index is 10.0. The number of hydrogen-bond acceptors (Lipinski definition) is 2. The third kappa shape index (κ3) is 4.40. The van der Waals surface area contributed by atoms with Gasteiger partial charge in [0.2, 0.25) is 0 Å². The first-order chi connectivity index (χ1) is 4.57. The molecule has 0 heterocycles. The van der Waals surface area contributed by atoms with Crippen molar-refractivity contribution in [1.29, 1.82) is 0 Å². The molecule has 2 atom stereocenters. The maximum Gasteiger partial charge on any atom is 0.405 e. The van der Waals surface area contributed by atoms with Gasteiger partial charge >= 0.3 is 6.09 Å². The van der Waals surface area contributed by atoms with Gasteiger partial charge in [-0.25, -0.2) is 4.79 Å². The lowest BCUT2D eigenvalue weighted by Gasteiger charge is -2.13. The summed E-state index contributed by atoms with van der Waals surface area (Å²) in [4.78, 5) is 10.0. The fraction of sp³-hybridized carbons (Fsp3) is 0.750. The van der Waals surface area contributed by atoms with Crippen LogP contribution >= 0.6 is 44.5 Å². The fourth-order valence-electron chi connectivity index (χ4n) is 0.301. The lowest BCUT2D eigenvalue weighted by Crippen LogP contribution is -2.36. The predicted molar refractivity (Wildman–Crippen MR) is 50.4 cm³/mol. The van der Waals surface area contributed by atoms with Crippen LogP contribution in [0.1, 0.15) is 0 Å².